The number of benzene rings is 3. The molecule has 7 nitrogen and oxygen atoms in total. The highest BCUT2D eigenvalue weighted by atomic mass is 35.5. The number of hydrogen-bond acceptors (Lipinski definition) is 4. The zero-order valence-corrected chi connectivity index (χ0v) is 25.8. The van der Waals surface area contributed by atoms with Crippen molar-refractivity contribution in [3.05, 3.63) is 94.3 Å². The second-order valence-electron chi connectivity index (χ2n) is 11.1. The van der Waals surface area contributed by atoms with Crippen LogP contribution in [0.2, 0.25) is 5.02 Å². The van der Waals surface area contributed by atoms with Gasteiger partial charge in [0.05, 0.1) is 10.6 Å². The molecule has 1 atom stereocenters. The van der Waals surface area contributed by atoms with Crippen molar-refractivity contribution in [2.24, 2.45) is 0 Å². The summed E-state index contributed by atoms with van der Waals surface area (Å²) >= 11 is 6.37. The standard InChI is InChI=1S/C31H37ClFN3O4S/c1-7-28(30(38)34-31(4,5)6)35(19-23-11-13-24(33)14-12-23)29(37)20-36(25-15-10-22(3)27(32)18-25)41(39,40)26-16-8-21(2)9-17-26/h8-18,28H,7,19-20H2,1-6H3,(H,34,38). The lowest BCUT2D eigenvalue weighted by atomic mass is 10.1. The molecule has 0 saturated carbocycles. The van der Waals surface area contributed by atoms with Gasteiger partial charge >= 0.3 is 0 Å². The van der Waals surface area contributed by atoms with Crippen molar-refractivity contribution in [1.82, 2.24) is 10.2 Å². The first kappa shape index (κ1) is 32.1. The summed E-state index contributed by atoms with van der Waals surface area (Å²) in [6.07, 6.45) is 0.274. The number of aryl methyl sites for hydroxylation is 2. The third kappa shape index (κ3) is 8.30. The maximum Gasteiger partial charge on any atom is 0.264 e. The molecule has 1 unspecified atom stereocenters. The number of halogens is 2. The number of rotatable bonds is 10. The topological polar surface area (TPSA) is 86.8 Å². The Morgan fingerprint density at radius 3 is 2.12 bits per heavy atom. The van der Waals surface area contributed by atoms with Gasteiger partial charge in [-0.3, -0.25) is 13.9 Å². The van der Waals surface area contributed by atoms with Crippen LogP contribution in [0.1, 0.15) is 50.8 Å². The average Bonchev–Trinajstić information content (AvgIpc) is 2.89. The molecule has 0 fully saturated rings. The number of carbonyl (C=O) groups is 2. The maximum atomic E-state index is 14.1. The number of anilines is 1. The second kappa shape index (κ2) is 13.0. The first-order valence-corrected chi connectivity index (χ1v) is 15.2. The molecule has 2 amide bonds. The van der Waals surface area contributed by atoms with E-state index in [2.05, 4.69) is 5.32 Å². The Balaban J connectivity index is 2.09. The van der Waals surface area contributed by atoms with Crippen LogP contribution in [0.3, 0.4) is 0 Å². The molecule has 220 valence electrons. The Kier molecular flexibility index (Phi) is 10.2. The van der Waals surface area contributed by atoms with Gasteiger partial charge in [-0.2, -0.15) is 0 Å². The summed E-state index contributed by atoms with van der Waals surface area (Å²) in [5.41, 5.74) is 1.87. The fraction of sp³-hybridized carbons (Fsp3) is 0.355. The van der Waals surface area contributed by atoms with Gasteiger partial charge in [0.25, 0.3) is 10.0 Å². The minimum Gasteiger partial charge on any atom is -0.350 e. The van der Waals surface area contributed by atoms with Gasteiger partial charge in [0.1, 0.15) is 18.4 Å². The molecule has 0 radical (unpaired) electrons. The van der Waals surface area contributed by atoms with Crippen molar-refractivity contribution < 1.29 is 22.4 Å². The summed E-state index contributed by atoms with van der Waals surface area (Å²) in [7, 11) is -4.21. The molecule has 3 aromatic carbocycles. The molecule has 0 saturated heterocycles. The van der Waals surface area contributed by atoms with E-state index in [4.69, 9.17) is 11.6 Å². The predicted molar refractivity (Wildman–Crippen MR) is 161 cm³/mol. The van der Waals surface area contributed by atoms with E-state index >= 15 is 0 Å². The molecule has 10 heteroatoms. The molecule has 41 heavy (non-hydrogen) atoms. The van der Waals surface area contributed by atoms with Gasteiger partial charge in [0.2, 0.25) is 11.8 Å². The molecule has 1 N–H and O–H groups in total. The first-order chi connectivity index (χ1) is 19.1. The highest BCUT2D eigenvalue weighted by Crippen LogP contribution is 2.29. The van der Waals surface area contributed by atoms with Gasteiger partial charge in [-0.25, -0.2) is 12.8 Å². The van der Waals surface area contributed by atoms with E-state index in [1.54, 1.807) is 38.1 Å². The zero-order valence-electron chi connectivity index (χ0n) is 24.2. The third-order valence-corrected chi connectivity index (χ3v) is 8.68. The summed E-state index contributed by atoms with van der Waals surface area (Å²) in [5, 5.41) is 3.26. The summed E-state index contributed by atoms with van der Waals surface area (Å²) in [4.78, 5) is 28.8. The van der Waals surface area contributed by atoms with Crippen LogP contribution in [-0.4, -0.2) is 43.3 Å². The van der Waals surface area contributed by atoms with Crippen molar-refractivity contribution in [2.75, 3.05) is 10.8 Å². The highest BCUT2D eigenvalue weighted by molar-refractivity contribution is 7.92. The monoisotopic (exact) mass is 601 g/mol. The lowest BCUT2D eigenvalue weighted by Crippen LogP contribution is -2.55. The van der Waals surface area contributed by atoms with Crippen LogP contribution in [-0.2, 0) is 26.2 Å². The molecule has 3 aromatic rings. The van der Waals surface area contributed by atoms with Crippen LogP contribution in [0.25, 0.3) is 0 Å². The maximum absolute atomic E-state index is 14.1. The van der Waals surface area contributed by atoms with Crippen molar-refractivity contribution >= 4 is 39.1 Å². The summed E-state index contributed by atoms with van der Waals surface area (Å²) in [5.74, 6) is -1.41. The van der Waals surface area contributed by atoms with Crippen molar-refractivity contribution in [3.63, 3.8) is 0 Å². The molecular weight excluding hydrogens is 565 g/mol. The number of nitrogens with one attached hydrogen (secondary N) is 1. The molecule has 0 aromatic heterocycles. The fourth-order valence-electron chi connectivity index (χ4n) is 4.26. The van der Waals surface area contributed by atoms with Crippen molar-refractivity contribution in [3.8, 4) is 0 Å². The number of carbonyl (C=O) groups excluding carboxylic acids is 2. The van der Waals surface area contributed by atoms with Gasteiger partial charge in [0, 0.05) is 17.1 Å². The number of hydrogen-bond donors (Lipinski definition) is 1. The van der Waals surface area contributed by atoms with Gasteiger partial charge in [0.15, 0.2) is 0 Å². The van der Waals surface area contributed by atoms with E-state index in [-0.39, 0.29) is 29.5 Å². The number of amides is 2. The van der Waals surface area contributed by atoms with Gasteiger partial charge in [-0.05, 0) is 88.6 Å². The Morgan fingerprint density at radius 1 is 0.976 bits per heavy atom. The van der Waals surface area contributed by atoms with Crippen LogP contribution in [0.5, 0.6) is 0 Å². The molecule has 3 rings (SSSR count). The highest BCUT2D eigenvalue weighted by Gasteiger charge is 2.34. The number of nitrogens with zero attached hydrogens (tertiary/aromatic N) is 2. The summed E-state index contributed by atoms with van der Waals surface area (Å²) in [6.45, 7) is 10.3. The van der Waals surface area contributed by atoms with E-state index in [1.165, 1.54) is 47.4 Å². The third-order valence-electron chi connectivity index (χ3n) is 6.48. The van der Waals surface area contributed by atoms with Gasteiger partial charge in [-0.15, -0.1) is 0 Å². The van der Waals surface area contributed by atoms with E-state index in [0.29, 0.717) is 10.6 Å². The Labute approximate surface area is 247 Å². The lowest BCUT2D eigenvalue weighted by molar-refractivity contribution is -0.141. The van der Waals surface area contributed by atoms with Crippen molar-refractivity contribution in [1.29, 1.82) is 0 Å². The number of sulfonamides is 1. The van der Waals surface area contributed by atoms with Crippen molar-refractivity contribution in [2.45, 2.75) is 71.0 Å². The molecule has 0 bridgehead atoms. The molecule has 0 aliphatic heterocycles. The predicted octanol–water partition coefficient (Wildman–Crippen LogP) is 6.01. The van der Waals surface area contributed by atoms with Crippen LogP contribution in [0.4, 0.5) is 10.1 Å². The van der Waals surface area contributed by atoms with Gasteiger partial charge < -0.3 is 10.2 Å². The SMILES string of the molecule is CCC(C(=O)NC(C)(C)C)N(Cc1ccc(F)cc1)C(=O)CN(c1ccc(C)c(Cl)c1)S(=O)(=O)c1ccc(C)cc1. The van der Waals surface area contributed by atoms with E-state index in [0.717, 1.165) is 15.4 Å². The lowest BCUT2D eigenvalue weighted by Gasteiger charge is -2.34. The summed E-state index contributed by atoms with van der Waals surface area (Å²) in [6, 6.07) is 15.8. The van der Waals surface area contributed by atoms with E-state index < -0.39 is 39.9 Å². The largest absolute Gasteiger partial charge is 0.350 e. The molecule has 0 heterocycles. The molecule has 0 spiro atoms. The van der Waals surface area contributed by atoms with Crippen LogP contribution in [0, 0.1) is 19.7 Å². The molecule has 0 aliphatic rings. The Bertz CT molecular complexity index is 1490. The molecule has 0 aliphatic carbocycles. The van der Waals surface area contributed by atoms with Crippen LogP contribution < -0.4 is 9.62 Å². The Morgan fingerprint density at radius 2 is 1.59 bits per heavy atom. The van der Waals surface area contributed by atoms with E-state index in [1.807, 2.05) is 27.7 Å². The second-order valence-corrected chi connectivity index (χ2v) is 13.3. The van der Waals surface area contributed by atoms with Crippen LogP contribution >= 0.6 is 11.6 Å². The quantitative estimate of drug-likeness (QED) is 0.308. The minimum absolute atomic E-state index is 0.00944. The summed E-state index contributed by atoms with van der Waals surface area (Å²) < 4.78 is 42.5. The van der Waals surface area contributed by atoms with Gasteiger partial charge in [-0.1, -0.05) is 54.4 Å². The Hall–Kier alpha value is -3.43. The fourth-order valence-corrected chi connectivity index (χ4v) is 5.84. The van der Waals surface area contributed by atoms with Crippen LogP contribution in [0.15, 0.2) is 71.6 Å². The average molecular weight is 602 g/mol. The minimum atomic E-state index is -4.21. The van der Waals surface area contributed by atoms with E-state index in [9.17, 15) is 22.4 Å². The smallest absolute Gasteiger partial charge is 0.264 e. The molecular formula is C31H37ClFN3O4S. The zero-order chi connectivity index (χ0) is 30.5. The normalized spacial score (nSPS) is 12.5. The first-order valence-electron chi connectivity index (χ1n) is 13.3.